The molecule has 11 heteroatoms. The van der Waals surface area contributed by atoms with Gasteiger partial charge in [0.2, 0.25) is 0 Å². The lowest BCUT2D eigenvalue weighted by atomic mass is 9.93. The van der Waals surface area contributed by atoms with Gasteiger partial charge in [-0.3, -0.25) is 9.36 Å². The number of thiazole rings is 1. The SMILES string of the molecule is CCOC(=O)C1=C(c2ccccc2)N=c2s/c(=C\c3cc(I)cc(I)c3OCc3ccc(Cl)cc3)c(=O)n2[C@@H]1c1ccc(OCC)cc1. The monoisotopic (exact) mass is 902 g/mol. The molecule has 4 aromatic carbocycles. The fourth-order valence-corrected chi connectivity index (χ4v) is 8.55. The lowest BCUT2D eigenvalue weighted by molar-refractivity contribution is -0.138. The van der Waals surface area contributed by atoms with Gasteiger partial charge in [0.25, 0.3) is 5.56 Å². The molecule has 1 aliphatic rings. The normalized spacial score (nSPS) is 14.4. The summed E-state index contributed by atoms with van der Waals surface area (Å²) in [5, 5.41) is 0.656. The van der Waals surface area contributed by atoms with Gasteiger partial charge < -0.3 is 14.2 Å². The molecule has 244 valence electrons. The van der Waals surface area contributed by atoms with E-state index >= 15 is 0 Å². The van der Waals surface area contributed by atoms with Gasteiger partial charge >= 0.3 is 5.97 Å². The minimum Gasteiger partial charge on any atom is -0.494 e. The van der Waals surface area contributed by atoms with Gasteiger partial charge in [-0.2, -0.15) is 0 Å². The van der Waals surface area contributed by atoms with Crippen LogP contribution in [0.1, 0.15) is 42.1 Å². The van der Waals surface area contributed by atoms with Crippen molar-refractivity contribution in [3.63, 3.8) is 0 Å². The van der Waals surface area contributed by atoms with E-state index in [1.165, 1.54) is 11.3 Å². The molecule has 2 heterocycles. The van der Waals surface area contributed by atoms with Crippen LogP contribution >= 0.6 is 68.1 Å². The number of rotatable bonds is 10. The molecule has 1 atom stereocenters. The van der Waals surface area contributed by atoms with Crippen LogP contribution in [0.2, 0.25) is 5.02 Å². The summed E-state index contributed by atoms with van der Waals surface area (Å²) in [6, 6.07) is 27.7. The minimum atomic E-state index is -0.787. The molecule has 0 N–H and O–H groups in total. The molecular formula is C37H29ClI2N2O5S. The van der Waals surface area contributed by atoms with Gasteiger partial charge in [-0.1, -0.05) is 77.5 Å². The van der Waals surface area contributed by atoms with E-state index in [4.69, 9.17) is 30.8 Å². The van der Waals surface area contributed by atoms with Gasteiger partial charge in [0.1, 0.15) is 18.1 Å². The van der Waals surface area contributed by atoms with Gasteiger partial charge in [-0.05, 0) is 113 Å². The van der Waals surface area contributed by atoms with E-state index in [2.05, 4.69) is 45.2 Å². The van der Waals surface area contributed by atoms with Crippen LogP contribution in [0.5, 0.6) is 11.5 Å². The molecule has 0 unspecified atom stereocenters. The van der Waals surface area contributed by atoms with E-state index in [-0.39, 0.29) is 12.2 Å². The first-order valence-corrected chi connectivity index (χ1v) is 18.5. The highest BCUT2D eigenvalue weighted by Gasteiger charge is 2.35. The number of nitrogens with zero attached hydrogens (tertiary/aromatic N) is 2. The smallest absolute Gasteiger partial charge is 0.338 e. The van der Waals surface area contributed by atoms with E-state index in [9.17, 15) is 9.59 Å². The zero-order valence-corrected chi connectivity index (χ0v) is 31.8. The summed E-state index contributed by atoms with van der Waals surface area (Å²) in [6.07, 6.45) is 1.84. The predicted molar refractivity (Wildman–Crippen MR) is 206 cm³/mol. The van der Waals surface area contributed by atoms with E-state index < -0.39 is 12.0 Å². The zero-order valence-electron chi connectivity index (χ0n) is 25.9. The Labute approximate surface area is 313 Å². The van der Waals surface area contributed by atoms with Crippen molar-refractivity contribution in [2.24, 2.45) is 4.99 Å². The first kappa shape index (κ1) is 34.4. The Kier molecular flexibility index (Phi) is 11.0. The molecule has 5 aromatic rings. The highest BCUT2D eigenvalue weighted by Crippen LogP contribution is 2.36. The summed E-state index contributed by atoms with van der Waals surface area (Å²) < 4.78 is 21.6. The van der Waals surface area contributed by atoms with E-state index in [0.29, 0.717) is 50.3 Å². The zero-order chi connectivity index (χ0) is 33.8. The molecule has 0 fully saturated rings. The molecule has 6 rings (SSSR count). The lowest BCUT2D eigenvalue weighted by Crippen LogP contribution is -2.40. The molecule has 0 saturated heterocycles. The maximum atomic E-state index is 14.5. The fourth-order valence-electron chi connectivity index (χ4n) is 5.39. The van der Waals surface area contributed by atoms with Gasteiger partial charge in [0, 0.05) is 19.7 Å². The molecule has 0 spiro atoms. The van der Waals surface area contributed by atoms with Gasteiger partial charge in [0.15, 0.2) is 4.80 Å². The van der Waals surface area contributed by atoms with Crippen molar-refractivity contribution in [3.8, 4) is 11.5 Å². The quantitative estimate of drug-likeness (QED) is 0.106. The molecular weight excluding hydrogens is 874 g/mol. The number of fused-ring (bicyclic) bond motifs is 1. The van der Waals surface area contributed by atoms with Crippen LogP contribution in [0.4, 0.5) is 0 Å². The van der Waals surface area contributed by atoms with Crippen molar-refractivity contribution in [1.29, 1.82) is 0 Å². The molecule has 48 heavy (non-hydrogen) atoms. The number of carbonyl (C=O) groups is 1. The topological polar surface area (TPSA) is 79.1 Å². The fraction of sp³-hybridized carbons (Fsp3) is 0.162. The Balaban J connectivity index is 1.55. The summed E-state index contributed by atoms with van der Waals surface area (Å²) in [7, 11) is 0. The number of hydrogen-bond donors (Lipinski definition) is 0. The molecule has 0 saturated carbocycles. The summed E-state index contributed by atoms with van der Waals surface area (Å²) in [5.41, 5.74) is 3.69. The van der Waals surface area contributed by atoms with Crippen LogP contribution in [-0.4, -0.2) is 23.8 Å². The third kappa shape index (κ3) is 7.41. The Hall–Kier alpha value is -3.46. The number of carbonyl (C=O) groups excluding carboxylic acids is 1. The van der Waals surface area contributed by atoms with Crippen LogP contribution in [-0.2, 0) is 16.1 Å². The Morgan fingerprint density at radius 1 is 0.958 bits per heavy atom. The molecule has 0 amide bonds. The number of esters is 1. The summed E-state index contributed by atoms with van der Waals surface area (Å²) in [5.74, 6) is 0.827. The first-order valence-electron chi connectivity index (χ1n) is 15.1. The predicted octanol–water partition coefficient (Wildman–Crippen LogP) is 7.78. The van der Waals surface area contributed by atoms with E-state index in [1.54, 1.807) is 11.5 Å². The Morgan fingerprint density at radius 2 is 1.69 bits per heavy atom. The standard InChI is InChI=1S/C37H29ClI2N2O5S/c1-3-45-28-16-12-24(13-17-28)33-31(36(44)46-4-2)32(23-8-6-5-7-9-23)41-37-42(33)35(43)30(48-37)19-25-18-27(39)20-29(40)34(25)47-21-22-10-14-26(38)15-11-22/h5-20,33H,3-4,21H2,1-2H3/b30-19-/t33-/m1/s1. The van der Waals surface area contributed by atoms with Gasteiger partial charge in [-0.15, -0.1) is 0 Å². The molecule has 7 nitrogen and oxygen atoms in total. The van der Waals surface area contributed by atoms with Gasteiger partial charge in [0.05, 0.1) is 38.6 Å². The average Bonchev–Trinajstić information content (AvgIpc) is 3.39. The van der Waals surface area contributed by atoms with Crippen molar-refractivity contribution in [2.75, 3.05) is 13.2 Å². The lowest BCUT2D eigenvalue weighted by Gasteiger charge is -2.26. The number of halogens is 3. The maximum absolute atomic E-state index is 14.5. The maximum Gasteiger partial charge on any atom is 0.338 e. The highest BCUT2D eigenvalue weighted by atomic mass is 127. The van der Waals surface area contributed by atoms with E-state index in [1.807, 2.05) is 104 Å². The summed E-state index contributed by atoms with van der Waals surface area (Å²) in [4.78, 5) is 33.7. The number of aromatic nitrogens is 1. The second-order valence-electron chi connectivity index (χ2n) is 10.7. The van der Waals surface area contributed by atoms with Crippen molar-refractivity contribution >= 4 is 85.9 Å². The van der Waals surface area contributed by atoms with Crippen LogP contribution in [0.25, 0.3) is 11.8 Å². The van der Waals surface area contributed by atoms with Crippen LogP contribution in [0.15, 0.2) is 106 Å². The van der Waals surface area contributed by atoms with Crippen LogP contribution in [0, 0.1) is 7.14 Å². The first-order chi connectivity index (χ1) is 23.3. The van der Waals surface area contributed by atoms with Crippen LogP contribution < -0.4 is 24.4 Å². The number of hydrogen-bond acceptors (Lipinski definition) is 7. The van der Waals surface area contributed by atoms with Crippen molar-refractivity contribution < 1.29 is 19.0 Å². The average molecular weight is 903 g/mol. The third-order valence-corrected chi connectivity index (χ3v) is 10.2. The van der Waals surface area contributed by atoms with Crippen molar-refractivity contribution in [2.45, 2.75) is 26.5 Å². The molecule has 1 aliphatic heterocycles. The highest BCUT2D eigenvalue weighted by molar-refractivity contribution is 14.1. The van der Waals surface area contributed by atoms with Crippen molar-refractivity contribution in [3.05, 3.63) is 151 Å². The molecule has 1 aromatic heterocycles. The largest absolute Gasteiger partial charge is 0.494 e. The summed E-state index contributed by atoms with van der Waals surface area (Å²) >= 11 is 11.9. The molecule has 0 radical (unpaired) electrons. The molecule has 0 bridgehead atoms. The van der Waals surface area contributed by atoms with E-state index in [0.717, 1.165) is 29.4 Å². The second kappa shape index (κ2) is 15.4. The van der Waals surface area contributed by atoms with Crippen molar-refractivity contribution in [1.82, 2.24) is 4.57 Å². The Bertz CT molecular complexity index is 2180. The number of benzene rings is 4. The van der Waals surface area contributed by atoms with Crippen LogP contribution in [0.3, 0.4) is 0 Å². The number of ether oxygens (including phenoxy) is 3. The second-order valence-corrected chi connectivity index (χ2v) is 14.5. The Morgan fingerprint density at radius 3 is 2.38 bits per heavy atom. The summed E-state index contributed by atoms with van der Waals surface area (Å²) in [6.45, 7) is 4.70. The molecule has 0 aliphatic carbocycles. The third-order valence-electron chi connectivity index (χ3n) is 7.50. The minimum absolute atomic E-state index is 0.175. The van der Waals surface area contributed by atoms with Gasteiger partial charge in [-0.25, -0.2) is 9.79 Å².